The Kier molecular flexibility index (Phi) is 3.83. The van der Waals surface area contributed by atoms with Crippen LogP contribution in [0.2, 0.25) is 0 Å². The van der Waals surface area contributed by atoms with Crippen LogP contribution in [-0.2, 0) is 0 Å². The normalized spacial score (nSPS) is 10.4. The highest BCUT2D eigenvalue weighted by Crippen LogP contribution is 2.29. The molecule has 1 aromatic heterocycles. The molecule has 0 saturated heterocycles. The van der Waals surface area contributed by atoms with Crippen molar-refractivity contribution in [1.29, 1.82) is 0 Å². The second-order valence-electron chi connectivity index (χ2n) is 4.37. The molecule has 3 aromatic rings. The van der Waals surface area contributed by atoms with Gasteiger partial charge in [0, 0.05) is 10.9 Å². The third-order valence-electron chi connectivity index (χ3n) is 2.99. The molecule has 5 heteroatoms. The zero-order valence-electron chi connectivity index (χ0n) is 11.3. The average molecular weight is 300 g/mol. The Bertz CT molecular complexity index is 757. The van der Waals surface area contributed by atoms with Gasteiger partial charge in [0.1, 0.15) is 11.6 Å². The number of para-hydroxylation sites is 1. The SMILES string of the molecule is COc1cccc(-c2csc(Nc3ccccc3F)n2)c1. The molecule has 1 heterocycles. The number of hydrogen-bond acceptors (Lipinski definition) is 4. The summed E-state index contributed by atoms with van der Waals surface area (Å²) in [6.07, 6.45) is 0. The molecular formula is C16H13FN2OS. The molecule has 0 amide bonds. The highest BCUT2D eigenvalue weighted by Gasteiger charge is 2.07. The first-order valence-electron chi connectivity index (χ1n) is 6.38. The summed E-state index contributed by atoms with van der Waals surface area (Å²) in [5.74, 6) is 0.486. The Morgan fingerprint density at radius 2 is 2.00 bits per heavy atom. The van der Waals surface area contributed by atoms with Gasteiger partial charge in [-0.2, -0.15) is 0 Å². The van der Waals surface area contributed by atoms with E-state index in [9.17, 15) is 4.39 Å². The molecule has 0 unspecified atom stereocenters. The third-order valence-corrected chi connectivity index (χ3v) is 3.74. The van der Waals surface area contributed by atoms with Crippen LogP contribution >= 0.6 is 11.3 Å². The van der Waals surface area contributed by atoms with Gasteiger partial charge in [0.05, 0.1) is 18.5 Å². The van der Waals surface area contributed by atoms with Gasteiger partial charge >= 0.3 is 0 Å². The molecule has 0 bridgehead atoms. The number of rotatable bonds is 4. The molecule has 3 nitrogen and oxygen atoms in total. The summed E-state index contributed by atoms with van der Waals surface area (Å²) in [6, 6.07) is 14.2. The van der Waals surface area contributed by atoms with Crippen molar-refractivity contribution in [3.63, 3.8) is 0 Å². The van der Waals surface area contributed by atoms with Crippen LogP contribution in [-0.4, -0.2) is 12.1 Å². The molecule has 2 aromatic carbocycles. The number of methoxy groups -OCH3 is 1. The fourth-order valence-electron chi connectivity index (χ4n) is 1.92. The number of nitrogens with zero attached hydrogens (tertiary/aromatic N) is 1. The standard InChI is InChI=1S/C16H13FN2OS/c1-20-12-6-4-5-11(9-12)15-10-21-16(19-15)18-14-8-3-2-7-13(14)17/h2-10H,1H3,(H,18,19). The van der Waals surface area contributed by atoms with Crippen LogP contribution in [0.15, 0.2) is 53.9 Å². The summed E-state index contributed by atoms with van der Waals surface area (Å²) in [7, 11) is 1.63. The summed E-state index contributed by atoms with van der Waals surface area (Å²) in [5.41, 5.74) is 2.22. The van der Waals surface area contributed by atoms with E-state index in [0.29, 0.717) is 10.8 Å². The van der Waals surface area contributed by atoms with Crippen LogP contribution in [0.4, 0.5) is 15.2 Å². The zero-order chi connectivity index (χ0) is 14.7. The molecular weight excluding hydrogens is 287 g/mol. The Morgan fingerprint density at radius 1 is 1.14 bits per heavy atom. The van der Waals surface area contributed by atoms with Crippen molar-refractivity contribution >= 4 is 22.2 Å². The number of aromatic nitrogens is 1. The van der Waals surface area contributed by atoms with E-state index in [-0.39, 0.29) is 5.82 Å². The Hall–Kier alpha value is -2.40. The van der Waals surface area contributed by atoms with Crippen LogP contribution < -0.4 is 10.1 Å². The van der Waals surface area contributed by atoms with E-state index in [2.05, 4.69) is 10.3 Å². The summed E-state index contributed by atoms with van der Waals surface area (Å²) in [6.45, 7) is 0. The number of hydrogen-bond donors (Lipinski definition) is 1. The molecule has 0 spiro atoms. The molecule has 106 valence electrons. The van der Waals surface area contributed by atoms with Gasteiger partial charge in [-0.3, -0.25) is 0 Å². The van der Waals surface area contributed by atoms with Gasteiger partial charge in [-0.05, 0) is 24.3 Å². The Balaban J connectivity index is 1.85. The first-order chi connectivity index (χ1) is 10.3. The second-order valence-corrected chi connectivity index (χ2v) is 5.23. The van der Waals surface area contributed by atoms with Gasteiger partial charge in [-0.15, -0.1) is 11.3 Å². The lowest BCUT2D eigenvalue weighted by Crippen LogP contribution is -1.92. The summed E-state index contributed by atoms with van der Waals surface area (Å²) < 4.78 is 18.8. The van der Waals surface area contributed by atoms with Gasteiger partial charge in [0.25, 0.3) is 0 Å². The van der Waals surface area contributed by atoms with Crippen LogP contribution in [0.3, 0.4) is 0 Å². The molecule has 21 heavy (non-hydrogen) atoms. The van der Waals surface area contributed by atoms with E-state index in [1.807, 2.05) is 29.6 Å². The van der Waals surface area contributed by atoms with Crippen LogP contribution in [0, 0.1) is 5.82 Å². The first-order valence-corrected chi connectivity index (χ1v) is 7.26. The maximum absolute atomic E-state index is 13.6. The Labute approximate surface area is 126 Å². The summed E-state index contributed by atoms with van der Waals surface area (Å²) in [4.78, 5) is 4.48. The van der Waals surface area contributed by atoms with Crippen molar-refractivity contribution in [2.24, 2.45) is 0 Å². The minimum atomic E-state index is -0.296. The second kappa shape index (κ2) is 5.93. The summed E-state index contributed by atoms with van der Waals surface area (Å²) >= 11 is 1.43. The molecule has 0 aliphatic rings. The quantitative estimate of drug-likeness (QED) is 0.758. The number of nitrogens with one attached hydrogen (secondary N) is 1. The van der Waals surface area contributed by atoms with Gasteiger partial charge in [0.15, 0.2) is 5.13 Å². The maximum atomic E-state index is 13.6. The molecule has 3 rings (SSSR count). The van der Waals surface area contributed by atoms with Crippen molar-refractivity contribution in [3.8, 4) is 17.0 Å². The van der Waals surface area contributed by atoms with Crippen LogP contribution in [0.1, 0.15) is 0 Å². The van der Waals surface area contributed by atoms with Gasteiger partial charge < -0.3 is 10.1 Å². The van der Waals surface area contributed by atoms with Crippen molar-refractivity contribution < 1.29 is 9.13 Å². The molecule has 0 aliphatic heterocycles. The van der Waals surface area contributed by atoms with E-state index in [1.165, 1.54) is 17.4 Å². The fourth-order valence-corrected chi connectivity index (χ4v) is 2.66. The van der Waals surface area contributed by atoms with Crippen molar-refractivity contribution in [1.82, 2.24) is 4.98 Å². The largest absolute Gasteiger partial charge is 0.497 e. The minimum Gasteiger partial charge on any atom is -0.497 e. The van der Waals surface area contributed by atoms with E-state index in [4.69, 9.17) is 4.74 Å². The first kappa shape index (κ1) is 13.6. The van der Waals surface area contributed by atoms with Crippen LogP contribution in [0.25, 0.3) is 11.3 Å². The molecule has 1 N–H and O–H groups in total. The highest BCUT2D eigenvalue weighted by molar-refractivity contribution is 7.14. The minimum absolute atomic E-state index is 0.296. The predicted molar refractivity (Wildman–Crippen MR) is 83.8 cm³/mol. The number of anilines is 2. The molecule has 0 aliphatic carbocycles. The van der Waals surface area contributed by atoms with E-state index >= 15 is 0 Å². The molecule has 0 fully saturated rings. The third kappa shape index (κ3) is 3.03. The topological polar surface area (TPSA) is 34.1 Å². The monoisotopic (exact) mass is 300 g/mol. The van der Waals surface area contributed by atoms with Gasteiger partial charge in [0.2, 0.25) is 0 Å². The smallest absolute Gasteiger partial charge is 0.187 e. The number of benzene rings is 2. The number of halogens is 1. The van der Waals surface area contributed by atoms with E-state index in [0.717, 1.165) is 17.0 Å². The van der Waals surface area contributed by atoms with Crippen molar-refractivity contribution in [2.75, 3.05) is 12.4 Å². The molecule has 0 radical (unpaired) electrons. The van der Waals surface area contributed by atoms with Crippen molar-refractivity contribution in [2.45, 2.75) is 0 Å². The average Bonchev–Trinajstić information content (AvgIpc) is 2.98. The zero-order valence-corrected chi connectivity index (χ0v) is 12.2. The highest BCUT2D eigenvalue weighted by atomic mass is 32.1. The van der Waals surface area contributed by atoms with Gasteiger partial charge in [-0.25, -0.2) is 9.37 Å². The van der Waals surface area contributed by atoms with Crippen LogP contribution in [0.5, 0.6) is 5.75 Å². The lowest BCUT2D eigenvalue weighted by Gasteiger charge is -2.03. The van der Waals surface area contributed by atoms with E-state index in [1.54, 1.807) is 25.3 Å². The molecule has 0 saturated carbocycles. The van der Waals surface area contributed by atoms with Gasteiger partial charge in [-0.1, -0.05) is 24.3 Å². The van der Waals surface area contributed by atoms with Crippen molar-refractivity contribution in [3.05, 3.63) is 59.7 Å². The Morgan fingerprint density at radius 3 is 2.81 bits per heavy atom. The maximum Gasteiger partial charge on any atom is 0.187 e. The number of thiazole rings is 1. The van der Waals surface area contributed by atoms with E-state index < -0.39 is 0 Å². The predicted octanol–water partition coefficient (Wildman–Crippen LogP) is 4.70. The number of ether oxygens (including phenoxy) is 1. The fraction of sp³-hybridized carbons (Fsp3) is 0.0625. The lowest BCUT2D eigenvalue weighted by molar-refractivity contribution is 0.415. The summed E-state index contributed by atoms with van der Waals surface area (Å²) in [5, 5.41) is 5.57. The lowest BCUT2D eigenvalue weighted by atomic mass is 10.2. The molecule has 0 atom stereocenters.